The molecule has 0 aliphatic heterocycles. The summed E-state index contributed by atoms with van der Waals surface area (Å²) in [6, 6.07) is 2.41. The van der Waals surface area contributed by atoms with Gasteiger partial charge in [-0.2, -0.15) is 16.8 Å². The fourth-order valence-corrected chi connectivity index (χ4v) is 2.62. The minimum atomic E-state index is -4.80. The van der Waals surface area contributed by atoms with E-state index in [-0.39, 0.29) is 12.1 Å². The Kier molecular flexibility index (Phi) is 4.27. The SMILES string of the molecule is CCC(c1ncccc1OS(=O)(=O)O)S(=O)(=O)O. The maximum absolute atomic E-state index is 11.1. The molecule has 0 saturated carbocycles. The summed E-state index contributed by atoms with van der Waals surface area (Å²) in [6.45, 7) is 1.46. The summed E-state index contributed by atoms with van der Waals surface area (Å²) in [5.41, 5.74) is -0.292. The van der Waals surface area contributed by atoms with Crippen molar-refractivity contribution in [3.63, 3.8) is 0 Å². The molecular weight excluding hydrogens is 286 g/mol. The highest BCUT2D eigenvalue weighted by Crippen LogP contribution is 2.31. The Morgan fingerprint density at radius 2 is 1.94 bits per heavy atom. The first-order chi connectivity index (χ1) is 8.15. The lowest BCUT2D eigenvalue weighted by molar-refractivity contribution is 0.382. The van der Waals surface area contributed by atoms with Gasteiger partial charge < -0.3 is 4.18 Å². The quantitative estimate of drug-likeness (QED) is 0.755. The highest BCUT2D eigenvalue weighted by atomic mass is 32.3. The summed E-state index contributed by atoms with van der Waals surface area (Å²) in [5, 5.41) is -1.43. The van der Waals surface area contributed by atoms with Crippen molar-refractivity contribution in [2.75, 3.05) is 0 Å². The van der Waals surface area contributed by atoms with E-state index in [9.17, 15) is 16.8 Å². The molecule has 1 unspecified atom stereocenters. The molecule has 0 fully saturated rings. The second-order valence-electron chi connectivity index (χ2n) is 3.31. The van der Waals surface area contributed by atoms with Gasteiger partial charge in [0.15, 0.2) is 5.75 Å². The summed E-state index contributed by atoms with van der Waals surface area (Å²) in [4.78, 5) is 3.66. The number of aromatic nitrogens is 1. The Morgan fingerprint density at radius 3 is 2.39 bits per heavy atom. The second-order valence-corrected chi connectivity index (χ2v) is 5.93. The summed E-state index contributed by atoms with van der Waals surface area (Å²) >= 11 is 0. The number of rotatable bonds is 5. The average molecular weight is 297 g/mol. The van der Waals surface area contributed by atoms with E-state index in [4.69, 9.17) is 9.11 Å². The smallest absolute Gasteiger partial charge is 0.360 e. The third kappa shape index (κ3) is 3.91. The van der Waals surface area contributed by atoms with Gasteiger partial charge in [0.25, 0.3) is 10.1 Å². The molecule has 1 aromatic heterocycles. The molecule has 8 nitrogen and oxygen atoms in total. The van der Waals surface area contributed by atoms with Crippen molar-refractivity contribution in [2.24, 2.45) is 0 Å². The monoisotopic (exact) mass is 297 g/mol. The molecule has 2 N–H and O–H groups in total. The molecule has 1 aromatic rings. The van der Waals surface area contributed by atoms with E-state index < -0.39 is 31.5 Å². The van der Waals surface area contributed by atoms with Crippen molar-refractivity contribution in [1.82, 2.24) is 4.98 Å². The highest BCUT2D eigenvalue weighted by molar-refractivity contribution is 7.86. The fourth-order valence-electron chi connectivity index (χ4n) is 1.37. The highest BCUT2D eigenvalue weighted by Gasteiger charge is 2.29. The van der Waals surface area contributed by atoms with Crippen molar-refractivity contribution in [3.8, 4) is 5.75 Å². The molecular formula is C8H11NO7S2. The molecule has 0 aliphatic rings. The predicted molar refractivity (Wildman–Crippen MR) is 61.0 cm³/mol. The molecule has 0 radical (unpaired) electrons. The van der Waals surface area contributed by atoms with Crippen molar-refractivity contribution >= 4 is 20.5 Å². The first-order valence-electron chi connectivity index (χ1n) is 4.73. The van der Waals surface area contributed by atoms with E-state index in [2.05, 4.69) is 9.17 Å². The van der Waals surface area contributed by atoms with Crippen LogP contribution in [0, 0.1) is 0 Å². The van der Waals surface area contributed by atoms with Crippen LogP contribution < -0.4 is 4.18 Å². The van der Waals surface area contributed by atoms with Gasteiger partial charge >= 0.3 is 10.4 Å². The number of pyridine rings is 1. The minimum Gasteiger partial charge on any atom is -0.360 e. The largest absolute Gasteiger partial charge is 0.446 e. The molecule has 102 valence electrons. The number of hydrogen-bond donors (Lipinski definition) is 2. The molecule has 0 amide bonds. The van der Waals surface area contributed by atoms with E-state index in [1.165, 1.54) is 19.2 Å². The lowest BCUT2D eigenvalue weighted by atomic mass is 10.2. The van der Waals surface area contributed by atoms with Crippen molar-refractivity contribution < 1.29 is 30.1 Å². The van der Waals surface area contributed by atoms with Crippen LogP contribution >= 0.6 is 0 Å². The normalized spacial score (nSPS) is 14.2. The molecule has 10 heteroatoms. The van der Waals surface area contributed by atoms with Crippen molar-refractivity contribution in [1.29, 1.82) is 0 Å². The van der Waals surface area contributed by atoms with Gasteiger partial charge in [-0.25, -0.2) is 0 Å². The van der Waals surface area contributed by atoms with Crippen LogP contribution in [-0.4, -0.2) is 30.9 Å². The van der Waals surface area contributed by atoms with Crippen LogP contribution in [0.1, 0.15) is 24.3 Å². The number of hydrogen-bond acceptors (Lipinski definition) is 6. The van der Waals surface area contributed by atoms with E-state index in [0.29, 0.717) is 0 Å². The van der Waals surface area contributed by atoms with E-state index in [0.717, 1.165) is 6.07 Å². The van der Waals surface area contributed by atoms with Crippen LogP contribution in [0.5, 0.6) is 5.75 Å². The van der Waals surface area contributed by atoms with Crippen LogP contribution in [0.25, 0.3) is 0 Å². The van der Waals surface area contributed by atoms with Gasteiger partial charge in [-0.15, -0.1) is 0 Å². The van der Waals surface area contributed by atoms with E-state index in [1.807, 2.05) is 0 Å². The molecule has 0 spiro atoms. The van der Waals surface area contributed by atoms with Crippen LogP contribution in [0.4, 0.5) is 0 Å². The van der Waals surface area contributed by atoms with E-state index >= 15 is 0 Å². The van der Waals surface area contributed by atoms with Gasteiger partial charge in [-0.05, 0) is 18.6 Å². The van der Waals surface area contributed by atoms with Gasteiger partial charge in [0.1, 0.15) is 10.9 Å². The zero-order valence-corrected chi connectivity index (χ0v) is 10.8. The molecule has 1 rings (SSSR count). The Labute approximate surface area is 104 Å². The molecule has 0 aliphatic carbocycles. The Morgan fingerprint density at radius 1 is 1.33 bits per heavy atom. The van der Waals surface area contributed by atoms with Gasteiger partial charge in [-0.1, -0.05) is 6.92 Å². The molecule has 18 heavy (non-hydrogen) atoms. The molecule has 1 atom stereocenters. The Hall–Kier alpha value is -1.23. The average Bonchev–Trinajstić information content (AvgIpc) is 2.17. The summed E-state index contributed by atoms with van der Waals surface area (Å²) in [7, 11) is -9.27. The van der Waals surface area contributed by atoms with Crippen molar-refractivity contribution in [3.05, 3.63) is 24.0 Å². The van der Waals surface area contributed by atoms with Crippen LogP contribution in [0.2, 0.25) is 0 Å². The molecule has 1 heterocycles. The standard InChI is InChI=1S/C8H11NO7S2/c1-2-7(17(10,11)12)8-6(4-3-5-9-8)16-18(13,14)15/h3-5,7H,2H2,1H3,(H,10,11,12)(H,13,14,15). The van der Waals surface area contributed by atoms with Gasteiger partial charge in [0.2, 0.25) is 0 Å². The fraction of sp³-hybridized carbons (Fsp3) is 0.375. The lowest BCUT2D eigenvalue weighted by Gasteiger charge is -2.13. The summed E-state index contributed by atoms with van der Waals surface area (Å²) < 4.78 is 65.3. The first-order valence-corrected chi connectivity index (χ1v) is 7.60. The third-order valence-electron chi connectivity index (χ3n) is 2.03. The maximum Gasteiger partial charge on any atom is 0.446 e. The van der Waals surface area contributed by atoms with E-state index in [1.54, 1.807) is 0 Å². The van der Waals surface area contributed by atoms with Crippen molar-refractivity contribution in [2.45, 2.75) is 18.6 Å². The zero-order chi connectivity index (χ0) is 14.0. The Balaban J connectivity index is 3.32. The minimum absolute atomic E-state index is 0.0440. The maximum atomic E-state index is 11.1. The molecule has 0 saturated heterocycles. The topological polar surface area (TPSA) is 131 Å². The first kappa shape index (κ1) is 14.8. The van der Waals surface area contributed by atoms with Gasteiger partial charge in [-0.3, -0.25) is 14.1 Å². The van der Waals surface area contributed by atoms with Gasteiger partial charge in [0, 0.05) is 6.20 Å². The van der Waals surface area contributed by atoms with Gasteiger partial charge in [0.05, 0.1) is 0 Å². The van der Waals surface area contributed by atoms with Crippen LogP contribution in [0.15, 0.2) is 18.3 Å². The molecule has 0 bridgehead atoms. The molecule has 0 aromatic carbocycles. The van der Waals surface area contributed by atoms with Crippen LogP contribution in [0.3, 0.4) is 0 Å². The Bertz CT molecular complexity index is 623. The summed E-state index contributed by atoms with van der Waals surface area (Å²) in [6.07, 6.45) is 1.16. The predicted octanol–water partition coefficient (Wildman–Crippen LogP) is 0.602. The lowest BCUT2D eigenvalue weighted by Crippen LogP contribution is -2.16. The zero-order valence-electron chi connectivity index (χ0n) is 9.22. The third-order valence-corrected chi connectivity index (χ3v) is 3.70. The van der Waals surface area contributed by atoms with Crippen LogP contribution in [-0.2, 0) is 20.5 Å². The second kappa shape index (κ2) is 5.18. The number of nitrogens with zero attached hydrogens (tertiary/aromatic N) is 1. The summed E-state index contributed by atoms with van der Waals surface area (Å²) in [5.74, 6) is -0.454.